The molecule has 1 aliphatic heterocycles. The van der Waals surface area contributed by atoms with Crippen LogP contribution in [0.4, 0.5) is 5.69 Å². The number of ether oxygens (including phenoxy) is 2. The predicted octanol–water partition coefficient (Wildman–Crippen LogP) is 2.59. The predicted molar refractivity (Wildman–Crippen MR) is 95.2 cm³/mol. The lowest BCUT2D eigenvalue weighted by molar-refractivity contribution is -0.117. The molecule has 138 valence electrons. The second-order valence-corrected chi connectivity index (χ2v) is 6.17. The van der Waals surface area contributed by atoms with E-state index in [4.69, 9.17) is 13.9 Å². The van der Waals surface area contributed by atoms with Crippen LogP contribution in [0.5, 0.6) is 5.75 Å². The normalized spacial score (nSPS) is 17.5. The van der Waals surface area contributed by atoms with E-state index >= 15 is 0 Å². The van der Waals surface area contributed by atoms with Crippen molar-refractivity contribution in [3.05, 3.63) is 48.4 Å². The first-order valence-electron chi connectivity index (χ1n) is 8.60. The fraction of sp³-hybridized carbons (Fsp3) is 0.368. The minimum absolute atomic E-state index is 0.131. The van der Waals surface area contributed by atoms with Crippen LogP contribution in [0.2, 0.25) is 0 Å². The molecule has 2 N–H and O–H groups in total. The molecule has 2 atom stereocenters. The van der Waals surface area contributed by atoms with Crippen LogP contribution in [-0.4, -0.2) is 37.2 Å². The first-order chi connectivity index (χ1) is 12.6. The summed E-state index contributed by atoms with van der Waals surface area (Å²) in [6.45, 7) is 2.90. The van der Waals surface area contributed by atoms with Gasteiger partial charge in [-0.25, -0.2) is 0 Å². The van der Waals surface area contributed by atoms with Crippen molar-refractivity contribution in [2.24, 2.45) is 0 Å². The third-order valence-corrected chi connectivity index (χ3v) is 4.09. The zero-order valence-corrected chi connectivity index (χ0v) is 14.6. The molecule has 2 aromatic rings. The molecule has 1 aromatic heterocycles. The summed E-state index contributed by atoms with van der Waals surface area (Å²) in [7, 11) is 0. The van der Waals surface area contributed by atoms with E-state index in [-0.39, 0.29) is 17.9 Å². The van der Waals surface area contributed by atoms with Gasteiger partial charge in [0.1, 0.15) is 24.7 Å². The van der Waals surface area contributed by atoms with Crippen LogP contribution in [0.25, 0.3) is 0 Å². The molecule has 0 spiro atoms. The Bertz CT molecular complexity index is 738. The Morgan fingerprint density at radius 1 is 1.35 bits per heavy atom. The Morgan fingerprint density at radius 3 is 2.96 bits per heavy atom. The van der Waals surface area contributed by atoms with Crippen molar-refractivity contribution < 1.29 is 23.5 Å². The van der Waals surface area contributed by atoms with Gasteiger partial charge < -0.3 is 24.5 Å². The molecule has 1 fully saturated rings. The maximum absolute atomic E-state index is 12.3. The minimum Gasteiger partial charge on any atom is -0.491 e. The first kappa shape index (κ1) is 18.0. The summed E-state index contributed by atoms with van der Waals surface area (Å²) in [4.78, 5) is 24.2. The van der Waals surface area contributed by atoms with Crippen molar-refractivity contribution >= 4 is 17.5 Å². The molecular weight excluding hydrogens is 336 g/mol. The highest BCUT2D eigenvalue weighted by atomic mass is 16.5. The van der Waals surface area contributed by atoms with Gasteiger partial charge in [-0.1, -0.05) is 6.07 Å². The molecule has 7 nitrogen and oxygen atoms in total. The van der Waals surface area contributed by atoms with Crippen LogP contribution in [-0.2, 0) is 9.53 Å². The van der Waals surface area contributed by atoms with E-state index in [1.165, 1.54) is 18.6 Å². The van der Waals surface area contributed by atoms with Crippen LogP contribution >= 0.6 is 0 Å². The summed E-state index contributed by atoms with van der Waals surface area (Å²) in [5.41, 5.74) is 0.971. The average molecular weight is 358 g/mol. The highest BCUT2D eigenvalue weighted by molar-refractivity contribution is 6.00. The molecule has 2 unspecified atom stereocenters. The van der Waals surface area contributed by atoms with E-state index in [2.05, 4.69) is 10.6 Å². The van der Waals surface area contributed by atoms with Crippen LogP contribution in [0.3, 0.4) is 0 Å². The number of anilines is 1. The molecule has 1 aliphatic rings. The number of amides is 2. The SMILES string of the molecule is CC(NC(=O)c1ccoc1)C(=O)Nc1cccc(OCC2CCCO2)c1. The van der Waals surface area contributed by atoms with Crippen molar-refractivity contribution in [3.63, 3.8) is 0 Å². The fourth-order valence-electron chi connectivity index (χ4n) is 2.62. The number of hydrogen-bond donors (Lipinski definition) is 2. The summed E-state index contributed by atoms with van der Waals surface area (Å²) < 4.78 is 16.1. The van der Waals surface area contributed by atoms with Crippen LogP contribution < -0.4 is 15.4 Å². The van der Waals surface area contributed by atoms with Gasteiger partial charge in [0.15, 0.2) is 0 Å². The first-order valence-corrected chi connectivity index (χ1v) is 8.60. The summed E-state index contributed by atoms with van der Waals surface area (Å²) >= 11 is 0. The van der Waals surface area contributed by atoms with E-state index in [1.54, 1.807) is 25.1 Å². The van der Waals surface area contributed by atoms with Gasteiger partial charge in [0.05, 0.1) is 17.9 Å². The Kier molecular flexibility index (Phi) is 5.91. The van der Waals surface area contributed by atoms with Gasteiger partial charge in [-0.3, -0.25) is 9.59 Å². The smallest absolute Gasteiger partial charge is 0.255 e. The highest BCUT2D eigenvalue weighted by Crippen LogP contribution is 2.20. The van der Waals surface area contributed by atoms with Crippen molar-refractivity contribution in [1.82, 2.24) is 5.32 Å². The molecule has 7 heteroatoms. The summed E-state index contributed by atoms with van der Waals surface area (Å²) in [6.07, 6.45) is 4.93. The zero-order chi connectivity index (χ0) is 18.4. The van der Waals surface area contributed by atoms with Gasteiger partial charge in [0.2, 0.25) is 5.91 Å². The second kappa shape index (κ2) is 8.53. The molecule has 3 rings (SSSR count). The van der Waals surface area contributed by atoms with E-state index in [0.717, 1.165) is 19.4 Å². The molecule has 0 radical (unpaired) electrons. The Hall–Kier alpha value is -2.80. The molecule has 2 amide bonds. The van der Waals surface area contributed by atoms with Gasteiger partial charge >= 0.3 is 0 Å². The van der Waals surface area contributed by atoms with Crippen LogP contribution in [0.15, 0.2) is 47.3 Å². The average Bonchev–Trinajstić information content (AvgIpc) is 3.34. The number of carbonyl (C=O) groups is 2. The Balaban J connectivity index is 1.51. The lowest BCUT2D eigenvalue weighted by Crippen LogP contribution is -2.41. The zero-order valence-electron chi connectivity index (χ0n) is 14.6. The monoisotopic (exact) mass is 358 g/mol. The number of benzene rings is 1. The van der Waals surface area contributed by atoms with E-state index in [1.807, 2.05) is 6.07 Å². The number of carbonyl (C=O) groups excluding carboxylic acids is 2. The fourth-order valence-corrected chi connectivity index (χ4v) is 2.62. The van der Waals surface area contributed by atoms with Gasteiger partial charge in [-0.15, -0.1) is 0 Å². The number of furan rings is 1. The Morgan fingerprint density at radius 2 is 2.23 bits per heavy atom. The third kappa shape index (κ3) is 4.86. The molecule has 0 saturated carbocycles. The molecule has 1 saturated heterocycles. The standard InChI is InChI=1S/C19H22N2O5/c1-13(20-19(23)14-7-9-24-11-14)18(22)21-15-4-2-5-16(10-15)26-12-17-6-3-8-25-17/h2,4-5,7,9-11,13,17H,3,6,8,12H2,1H3,(H,20,23)(H,21,22). The third-order valence-electron chi connectivity index (χ3n) is 4.09. The number of nitrogens with one attached hydrogen (secondary N) is 2. The van der Waals surface area contributed by atoms with Crippen molar-refractivity contribution in [3.8, 4) is 5.75 Å². The van der Waals surface area contributed by atoms with Crippen molar-refractivity contribution in [2.75, 3.05) is 18.5 Å². The van der Waals surface area contributed by atoms with Gasteiger partial charge in [-0.2, -0.15) is 0 Å². The summed E-state index contributed by atoms with van der Waals surface area (Å²) in [5, 5.41) is 5.39. The van der Waals surface area contributed by atoms with Crippen LogP contribution in [0.1, 0.15) is 30.1 Å². The van der Waals surface area contributed by atoms with Crippen molar-refractivity contribution in [1.29, 1.82) is 0 Å². The molecular formula is C19H22N2O5. The van der Waals surface area contributed by atoms with E-state index < -0.39 is 6.04 Å². The van der Waals surface area contributed by atoms with E-state index in [0.29, 0.717) is 23.6 Å². The minimum atomic E-state index is -0.700. The quantitative estimate of drug-likeness (QED) is 0.794. The Labute approximate surface area is 151 Å². The maximum Gasteiger partial charge on any atom is 0.255 e. The topological polar surface area (TPSA) is 89.8 Å². The number of rotatable bonds is 7. The van der Waals surface area contributed by atoms with Crippen molar-refractivity contribution in [2.45, 2.75) is 31.9 Å². The molecule has 0 bridgehead atoms. The second-order valence-electron chi connectivity index (χ2n) is 6.17. The van der Waals surface area contributed by atoms with Gasteiger partial charge in [0, 0.05) is 18.4 Å². The summed E-state index contributed by atoms with van der Waals surface area (Å²) in [6, 6.07) is 7.98. The summed E-state index contributed by atoms with van der Waals surface area (Å²) in [5.74, 6) is -0.0263. The lowest BCUT2D eigenvalue weighted by atomic mass is 10.2. The maximum atomic E-state index is 12.3. The molecule has 2 heterocycles. The van der Waals surface area contributed by atoms with Gasteiger partial charge in [-0.05, 0) is 38.0 Å². The molecule has 0 aliphatic carbocycles. The molecule has 1 aromatic carbocycles. The lowest BCUT2D eigenvalue weighted by Gasteiger charge is -2.15. The largest absolute Gasteiger partial charge is 0.491 e. The molecule has 26 heavy (non-hydrogen) atoms. The highest BCUT2D eigenvalue weighted by Gasteiger charge is 2.18. The number of hydrogen-bond acceptors (Lipinski definition) is 5. The van der Waals surface area contributed by atoms with Gasteiger partial charge in [0.25, 0.3) is 5.91 Å². The van der Waals surface area contributed by atoms with Crippen LogP contribution in [0, 0.1) is 0 Å². The van der Waals surface area contributed by atoms with E-state index in [9.17, 15) is 9.59 Å².